The van der Waals surface area contributed by atoms with Crippen molar-refractivity contribution in [3.63, 3.8) is 0 Å². The van der Waals surface area contributed by atoms with Crippen molar-refractivity contribution in [1.82, 2.24) is 5.32 Å². The van der Waals surface area contributed by atoms with E-state index in [9.17, 15) is 0 Å². The summed E-state index contributed by atoms with van der Waals surface area (Å²) in [6, 6.07) is 14.2. The summed E-state index contributed by atoms with van der Waals surface area (Å²) < 4.78 is 11.4. The van der Waals surface area contributed by atoms with E-state index >= 15 is 0 Å². The molecule has 0 aliphatic carbocycles. The molecule has 0 amide bonds. The highest BCUT2D eigenvalue weighted by atomic mass is 16.5. The van der Waals surface area contributed by atoms with Gasteiger partial charge in [0.2, 0.25) is 0 Å². The Morgan fingerprint density at radius 2 is 2.00 bits per heavy atom. The highest BCUT2D eigenvalue weighted by Gasteiger charge is 2.14. The topological polar surface area (TPSA) is 34.4 Å². The van der Waals surface area contributed by atoms with Gasteiger partial charge in [-0.1, -0.05) is 30.3 Å². The molecule has 100 valence electrons. The van der Waals surface area contributed by atoms with Gasteiger partial charge in [-0.05, 0) is 25.0 Å². The molecule has 1 aliphatic heterocycles. The zero-order chi connectivity index (χ0) is 12.9. The molecule has 1 fully saturated rings. The average molecular weight is 257 g/mol. The first-order valence-electron chi connectivity index (χ1n) is 6.88. The molecular weight excluding hydrogens is 238 g/mol. The lowest BCUT2D eigenvalue weighted by Gasteiger charge is -2.09. The number of hydrogen-bond acceptors (Lipinski definition) is 3. The quantitative estimate of drug-likeness (QED) is 0.893. The van der Waals surface area contributed by atoms with Crippen molar-refractivity contribution in [3.05, 3.63) is 48.2 Å². The normalized spacial score (nSPS) is 18.8. The molecule has 2 heterocycles. The number of nitrogens with one attached hydrogen (secondary N) is 1. The maximum atomic E-state index is 5.83. The summed E-state index contributed by atoms with van der Waals surface area (Å²) in [5, 5.41) is 3.39. The Morgan fingerprint density at radius 1 is 1.11 bits per heavy atom. The molecule has 1 N–H and O–H groups in total. The third-order valence-corrected chi connectivity index (χ3v) is 3.42. The van der Waals surface area contributed by atoms with Crippen LogP contribution in [-0.2, 0) is 11.3 Å². The van der Waals surface area contributed by atoms with Crippen molar-refractivity contribution in [2.45, 2.75) is 25.5 Å². The molecule has 19 heavy (non-hydrogen) atoms. The van der Waals surface area contributed by atoms with Crippen LogP contribution in [0.25, 0.3) is 11.3 Å². The molecule has 2 aromatic rings. The lowest BCUT2D eigenvalue weighted by molar-refractivity contribution is 0.109. The molecule has 3 heteroatoms. The first kappa shape index (κ1) is 12.5. The molecule has 1 saturated heterocycles. The van der Waals surface area contributed by atoms with E-state index in [0.717, 1.165) is 36.8 Å². The first-order chi connectivity index (χ1) is 9.42. The van der Waals surface area contributed by atoms with Gasteiger partial charge in [-0.2, -0.15) is 0 Å². The second-order valence-corrected chi connectivity index (χ2v) is 4.90. The summed E-state index contributed by atoms with van der Waals surface area (Å²) in [4.78, 5) is 0. The third-order valence-electron chi connectivity index (χ3n) is 3.42. The van der Waals surface area contributed by atoms with Gasteiger partial charge in [-0.3, -0.25) is 0 Å². The summed E-state index contributed by atoms with van der Waals surface area (Å²) >= 11 is 0. The standard InChI is InChI=1S/C16H19NO2/c1-2-5-13(6-3-1)16-9-8-15(19-16)12-17-11-14-7-4-10-18-14/h1-3,5-6,8-9,14,17H,4,7,10-12H2/t14-/m1/s1. The predicted octanol–water partition coefficient (Wildman–Crippen LogP) is 3.22. The number of hydrogen-bond donors (Lipinski definition) is 1. The van der Waals surface area contributed by atoms with Crippen LogP contribution >= 0.6 is 0 Å². The fraction of sp³-hybridized carbons (Fsp3) is 0.375. The molecule has 1 aliphatic rings. The Labute approximate surface area is 113 Å². The molecule has 3 rings (SSSR count). The van der Waals surface area contributed by atoms with E-state index in [-0.39, 0.29) is 0 Å². The van der Waals surface area contributed by atoms with E-state index in [0.29, 0.717) is 6.10 Å². The molecule has 0 bridgehead atoms. The van der Waals surface area contributed by atoms with Gasteiger partial charge in [0.1, 0.15) is 11.5 Å². The van der Waals surface area contributed by atoms with Crippen LogP contribution in [0.3, 0.4) is 0 Å². The van der Waals surface area contributed by atoms with E-state index in [2.05, 4.69) is 17.4 Å². The number of benzene rings is 1. The summed E-state index contributed by atoms with van der Waals surface area (Å²) in [5.41, 5.74) is 1.12. The van der Waals surface area contributed by atoms with Crippen LogP contribution in [0.2, 0.25) is 0 Å². The number of ether oxygens (including phenoxy) is 1. The van der Waals surface area contributed by atoms with E-state index in [4.69, 9.17) is 9.15 Å². The Kier molecular flexibility index (Phi) is 3.96. The monoisotopic (exact) mass is 257 g/mol. The van der Waals surface area contributed by atoms with Crippen LogP contribution in [-0.4, -0.2) is 19.3 Å². The van der Waals surface area contributed by atoms with Gasteiger partial charge in [0.15, 0.2) is 0 Å². The van der Waals surface area contributed by atoms with E-state index in [1.165, 1.54) is 12.8 Å². The van der Waals surface area contributed by atoms with Crippen LogP contribution in [0.1, 0.15) is 18.6 Å². The largest absolute Gasteiger partial charge is 0.460 e. The van der Waals surface area contributed by atoms with Crippen LogP contribution in [0, 0.1) is 0 Å². The van der Waals surface area contributed by atoms with Crippen molar-refractivity contribution in [2.24, 2.45) is 0 Å². The zero-order valence-electron chi connectivity index (χ0n) is 11.0. The highest BCUT2D eigenvalue weighted by molar-refractivity contribution is 5.57. The SMILES string of the molecule is c1ccc(-c2ccc(CNC[C@H]3CCCO3)o2)cc1. The Morgan fingerprint density at radius 3 is 2.79 bits per heavy atom. The van der Waals surface area contributed by atoms with Crippen LogP contribution in [0.15, 0.2) is 46.9 Å². The molecule has 0 unspecified atom stereocenters. The smallest absolute Gasteiger partial charge is 0.134 e. The predicted molar refractivity (Wildman–Crippen MR) is 74.8 cm³/mol. The van der Waals surface area contributed by atoms with E-state index < -0.39 is 0 Å². The van der Waals surface area contributed by atoms with E-state index in [1.807, 2.05) is 30.3 Å². The molecule has 3 nitrogen and oxygen atoms in total. The molecule has 0 saturated carbocycles. The average Bonchev–Trinajstić information content (AvgIpc) is 3.11. The van der Waals surface area contributed by atoms with Gasteiger partial charge < -0.3 is 14.5 Å². The lowest BCUT2D eigenvalue weighted by atomic mass is 10.2. The second-order valence-electron chi connectivity index (χ2n) is 4.90. The maximum Gasteiger partial charge on any atom is 0.134 e. The summed E-state index contributed by atoms with van der Waals surface area (Å²) in [5.74, 6) is 1.89. The molecule has 1 aromatic heterocycles. The molecular formula is C16H19NO2. The van der Waals surface area contributed by atoms with Crippen molar-refractivity contribution in [2.75, 3.05) is 13.2 Å². The van der Waals surface area contributed by atoms with Gasteiger partial charge in [0.05, 0.1) is 12.6 Å². The molecule has 1 atom stereocenters. The number of rotatable bonds is 5. The maximum absolute atomic E-state index is 5.83. The molecule has 0 spiro atoms. The van der Waals surface area contributed by atoms with Gasteiger partial charge in [0.25, 0.3) is 0 Å². The first-order valence-corrected chi connectivity index (χ1v) is 6.88. The zero-order valence-corrected chi connectivity index (χ0v) is 11.0. The Balaban J connectivity index is 1.53. The third kappa shape index (κ3) is 3.25. The van der Waals surface area contributed by atoms with E-state index in [1.54, 1.807) is 0 Å². The Bertz CT molecular complexity index is 500. The summed E-state index contributed by atoms with van der Waals surface area (Å²) in [6.45, 7) is 2.57. The minimum atomic E-state index is 0.378. The van der Waals surface area contributed by atoms with Crippen LogP contribution in [0.4, 0.5) is 0 Å². The summed E-state index contributed by atoms with van der Waals surface area (Å²) in [6.07, 6.45) is 2.73. The summed E-state index contributed by atoms with van der Waals surface area (Å²) in [7, 11) is 0. The van der Waals surface area contributed by atoms with Crippen LogP contribution in [0.5, 0.6) is 0 Å². The minimum Gasteiger partial charge on any atom is -0.460 e. The fourth-order valence-electron chi connectivity index (χ4n) is 2.39. The second kappa shape index (κ2) is 6.04. The highest BCUT2D eigenvalue weighted by Crippen LogP contribution is 2.21. The van der Waals surface area contributed by atoms with Gasteiger partial charge in [-0.25, -0.2) is 0 Å². The van der Waals surface area contributed by atoms with Gasteiger partial charge >= 0.3 is 0 Å². The van der Waals surface area contributed by atoms with Crippen molar-refractivity contribution in [1.29, 1.82) is 0 Å². The molecule has 0 radical (unpaired) electrons. The van der Waals surface area contributed by atoms with Crippen molar-refractivity contribution < 1.29 is 9.15 Å². The fourth-order valence-corrected chi connectivity index (χ4v) is 2.39. The minimum absolute atomic E-state index is 0.378. The lowest BCUT2D eigenvalue weighted by Crippen LogP contribution is -2.25. The van der Waals surface area contributed by atoms with Crippen LogP contribution < -0.4 is 5.32 Å². The number of furan rings is 1. The van der Waals surface area contributed by atoms with Gasteiger partial charge in [0, 0.05) is 18.7 Å². The van der Waals surface area contributed by atoms with Gasteiger partial charge in [-0.15, -0.1) is 0 Å². The van der Waals surface area contributed by atoms with Crippen molar-refractivity contribution in [3.8, 4) is 11.3 Å². The van der Waals surface area contributed by atoms with Crippen molar-refractivity contribution >= 4 is 0 Å². The Hall–Kier alpha value is -1.58. The molecule has 1 aromatic carbocycles.